The van der Waals surface area contributed by atoms with E-state index in [1.165, 1.54) is 47.5 Å². The third-order valence-corrected chi connectivity index (χ3v) is 6.08. The SMILES string of the molecule is CCn1cc(C(=O)Nc2ccc(OC3=CC(NC(=O)N(C)C)=CN/C3=C\C=N)c(F)c2)c(=O)n(-c2ccc(F)cc2)c1=O. The molecule has 0 bridgehead atoms. The molecule has 0 fully saturated rings. The lowest BCUT2D eigenvalue weighted by molar-refractivity contribution is 0.102. The van der Waals surface area contributed by atoms with Gasteiger partial charge in [0, 0.05) is 57.1 Å². The van der Waals surface area contributed by atoms with E-state index in [0.717, 1.165) is 39.7 Å². The van der Waals surface area contributed by atoms with Gasteiger partial charge in [-0.05, 0) is 49.4 Å². The maximum Gasteiger partial charge on any atom is 0.335 e. The fourth-order valence-corrected chi connectivity index (χ4v) is 3.87. The molecular formula is C29H27F2N7O5. The van der Waals surface area contributed by atoms with E-state index in [1.807, 2.05) is 0 Å². The molecular weight excluding hydrogens is 564 g/mol. The molecule has 2 heterocycles. The zero-order valence-corrected chi connectivity index (χ0v) is 23.3. The monoisotopic (exact) mass is 591 g/mol. The lowest BCUT2D eigenvalue weighted by Crippen LogP contribution is -2.42. The number of nitrogens with one attached hydrogen (secondary N) is 4. The van der Waals surface area contributed by atoms with Gasteiger partial charge in [0.15, 0.2) is 17.3 Å². The number of halogens is 2. The minimum absolute atomic E-state index is 0.0123. The van der Waals surface area contributed by atoms with Gasteiger partial charge in [-0.1, -0.05) is 0 Å². The molecule has 4 rings (SSSR count). The van der Waals surface area contributed by atoms with Crippen LogP contribution in [-0.4, -0.2) is 46.3 Å². The summed E-state index contributed by atoms with van der Waals surface area (Å²) in [7, 11) is 3.12. The average molecular weight is 592 g/mol. The van der Waals surface area contributed by atoms with Crippen molar-refractivity contribution in [3.63, 3.8) is 0 Å². The highest BCUT2D eigenvalue weighted by Crippen LogP contribution is 2.26. The maximum absolute atomic E-state index is 15.1. The number of ether oxygens (including phenoxy) is 1. The molecule has 222 valence electrons. The second-order valence-corrected chi connectivity index (χ2v) is 9.25. The fraction of sp³-hybridized carbons (Fsp3) is 0.138. The number of aromatic nitrogens is 2. The van der Waals surface area contributed by atoms with Crippen LogP contribution in [0, 0.1) is 17.0 Å². The van der Waals surface area contributed by atoms with Crippen LogP contribution in [0.3, 0.4) is 0 Å². The molecule has 12 nitrogen and oxygen atoms in total. The molecule has 1 aliphatic heterocycles. The Balaban J connectivity index is 1.60. The topological polar surface area (TPSA) is 151 Å². The third kappa shape index (κ3) is 6.75. The normalized spacial score (nSPS) is 13.4. The number of hydrogen-bond acceptors (Lipinski definition) is 7. The van der Waals surface area contributed by atoms with E-state index in [1.54, 1.807) is 21.0 Å². The van der Waals surface area contributed by atoms with Gasteiger partial charge in [-0.15, -0.1) is 0 Å². The number of allylic oxidation sites excluding steroid dienone is 2. The minimum atomic E-state index is -0.938. The molecule has 0 spiro atoms. The smallest absolute Gasteiger partial charge is 0.335 e. The van der Waals surface area contributed by atoms with E-state index < -0.39 is 40.4 Å². The summed E-state index contributed by atoms with van der Waals surface area (Å²) in [6.07, 6.45) is 6.39. The molecule has 4 N–H and O–H groups in total. The zero-order chi connectivity index (χ0) is 31.3. The van der Waals surface area contributed by atoms with E-state index in [4.69, 9.17) is 10.1 Å². The van der Waals surface area contributed by atoms with Crippen LogP contribution in [0.5, 0.6) is 5.75 Å². The molecule has 0 saturated heterocycles. The molecule has 0 radical (unpaired) electrons. The van der Waals surface area contributed by atoms with Gasteiger partial charge in [0.25, 0.3) is 11.5 Å². The second-order valence-electron chi connectivity index (χ2n) is 9.25. The Morgan fingerprint density at radius 3 is 2.44 bits per heavy atom. The first kappa shape index (κ1) is 30.2. The van der Waals surface area contributed by atoms with E-state index in [0.29, 0.717) is 11.4 Å². The summed E-state index contributed by atoms with van der Waals surface area (Å²) in [5.74, 6) is -2.48. The van der Waals surface area contributed by atoms with Crippen molar-refractivity contribution in [2.24, 2.45) is 0 Å². The molecule has 0 unspecified atom stereocenters. The molecule has 0 aliphatic carbocycles. The van der Waals surface area contributed by atoms with E-state index in [-0.39, 0.29) is 29.4 Å². The Hall–Kier alpha value is -5.79. The number of aryl methyl sites for hydroxylation is 1. The van der Waals surface area contributed by atoms with Crippen molar-refractivity contribution in [1.82, 2.24) is 24.7 Å². The molecule has 43 heavy (non-hydrogen) atoms. The molecule has 0 saturated carbocycles. The van der Waals surface area contributed by atoms with Crippen molar-refractivity contribution in [3.8, 4) is 11.4 Å². The first-order chi connectivity index (χ1) is 20.5. The van der Waals surface area contributed by atoms with Crippen molar-refractivity contribution in [1.29, 1.82) is 5.41 Å². The van der Waals surface area contributed by atoms with Crippen molar-refractivity contribution in [3.05, 3.63) is 122 Å². The van der Waals surface area contributed by atoms with Crippen LogP contribution < -0.4 is 31.9 Å². The number of hydrogen-bond donors (Lipinski definition) is 4. The number of amides is 3. The Bertz CT molecular complexity index is 1810. The third-order valence-electron chi connectivity index (χ3n) is 6.08. The fourth-order valence-electron chi connectivity index (χ4n) is 3.87. The predicted molar refractivity (Wildman–Crippen MR) is 155 cm³/mol. The highest BCUT2D eigenvalue weighted by Gasteiger charge is 2.20. The molecule has 3 amide bonds. The Morgan fingerprint density at radius 1 is 1.09 bits per heavy atom. The number of carbonyl (C=O) groups excluding carboxylic acids is 2. The molecule has 0 atom stereocenters. The van der Waals surface area contributed by atoms with Gasteiger partial charge >= 0.3 is 11.7 Å². The summed E-state index contributed by atoms with van der Waals surface area (Å²) in [6.45, 7) is 1.78. The largest absolute Gasteiger partial charge is 0.452 e. The second kappa shape index (κ2) is 12.8. The van der Waals surface area contributed by atoms with Gasteiger partial charge in [0.05, 0.1) is 17.1 Å². The molecule has 3 aromatic rings. The summed E-state index contributed by atoms with van der Waals surface area (Å²) >= 11 is 0. The first-order valence-electron chi connectivity index (χ1n) is 12.8. The maximum atomic E-state index is 15.1. The number of nitrogens with zero attached hydrogens (tertiary/aromatic N) is 3. The van der Waals surface area contributed by atoms with Crippen LogP contribution in [-0.2, 0) is 6.54 Å². The predicted octanol–water partition coefficient (Wildman–Crippen LogP) is 3.06. The van der Waals surface area contributed by atoms with Gasteiger partial charge in [0.1, 0.15) is 11.4 Å². The number of dihydropyridines is 1. The summed E-state index contributed by atoms with van der Waals surface area (Å²) in [4.78, 5) is 52.5. The molecule has 1 aliphatic rings. The number of rotatable bonds is 8. The van der Waals surface area contributed by atoms with Crippen molar-refractivity contribution >= 4 is 23.8 Å². The van der Waals surface area contributed by atoms with E-state index in [2.05, 4.69) is 16.0 Å². The Morgan fingerprint density at radius 2 is 1.81 bits per heavy atom. The lowest BCUT2D eigenvalue weighted by atomic mass is 10.2. The lowest BCUT2D eigenvalue weighted by Gasteiger charge is -2.21. The van der Waals surface area contributed by atoms with Crippen LogP contribution in [0.15, 0.2) is 93.8 Å². The van der Waals surface area contributed by atoms with Gasteiger partial charge in [-0.2, -0.15) is 0 Å². The van der Waals surface area contributed by atoms with Crippen molar-refractivity contribution in [2.45, 2.75) is 13.5 Å². The van der Waals surface area contributed by atoms with E-state index in [9.17, 15) is 23.6 Å². The number of anilines is 1. The van der Waals surface area contributed by atoms with Crippen LogP contribution in [0.25, 0.3) is 5.69 Å². The molecule has 14 heteroatoms. The number of benzene rings is 2. The Labute approximate surface area is 243 Å². The van der Waals surface area contributed by atoms with Gasteiger partial charge < -0.3 is 31.0 Å². The quantitative estimate of drug-likeness (QED) is 0.296. The van der Waals surface area contributed by atoms with Crippen LogP contribution in [0.4, 0.5) is 19.3 Å². The zero-order valence-electron chi connectivity index (χ0n) is 23.3. The number of carbonyl (C=O) groups is 2. The average Bonchev–Trinajstić information content (AvgIpc) is 2.97. The van der Waals surface area contributed by atoms with Gasteiger partial charge in [0.2, 0.25) is 0 Å². The Kier molecular flexibility index (Phi) is 8.99. The standard InChI is InChI=1S/C29H27F2N7O5/c1-4-37-16-21(27(40)38(29(37)42)20-8-5-17(30)6-9-20)26(39)34-18-7-10-24(22(31)13-18)43-25-14-19(35-28(41)36(2)3)15-33-23(25)11-12-32/h5-16,32-33H,4H2,1-3H3,(H,34,39)(H,35,41)/b23-11-,32-12?. The van der Waals surface area contributed by atoms with Crippen LogP contribution in [0.2, 0.25) is 0 Å². The summed E-state index contributed by atoms with van der Waals surface area (Å²) in [6, 6.07) is 7.79. The van der Waals surface area contributed by atoms with Crippen molar-refractivity contribution < 1.29 is 23.1 Å². The van der Waals surface area contributed by atoms with Gasteiger partial charge in [-0.3, -0.25) is 14.2 Å². The highest BCUT2D eigenvalue weighted by atomic mass is 19.1. The molecule has 2 aromatic carbocycles. The summed E-state index contributed by atoms with van der Waals surface area (Å²) in [5, 5.41) is 15.3. The van der Waals surface area contributed by atoms with E-state index >= 15 is 4.39 Å². The summed E-state index contributed by atoms with van der Waals surface area (Å²) in [5.41, 5.74) is -1.36. The van der Waals surface area contributed by atoms with Crippen molar-refractivity contribution in [2.75, 3.05) is 19.4 Å². The van der Waals surface area contributed by atoms with Gasteiger partial charge in [-0.25, -0.2) is 22.9 Å². The first-order valence-corrected chi connectivity index (χ1v) is 12.8. The minimum Gasteiger partial charge on any atom is -0.452 e. The summed E-state index contributed by atoms with van der Waals surface area (Å²) < 4.78 is 36.2. The van der Waals surface area contributed by atoms with Crippen LogP contribution in [0.1, 0.15) is 17.3 Å². The number of urea groups is 1. The highest BCUT2D eigenvalue weighted by molar-refractivity contribution is 6.03. The van der Waals surface area contributed by atoms with Crippen LogP contribution >= 0.6 is 0 Å². The molecule has 1 aromatic heterocycles.